The first-order valence-corrected chi connectivity index (χ1v) is 9.73. The van der Waals surface area contributed by atoms with Crippen molar-refractivity contribution in [3.05, 3.63) is 29.6 Å². The van der Waals surface area contributed by atoms with Crippen molar-refractivity contribution in [1.82, 2.24) is 9.71 Å². The van der Waals surface area contributed by atoms with Crippen LogP contribution in [0.15, 0.2) is 23.3 Å². The van der Waals surface area contributed by atoms with Gasteiger partial charge in [-0.25, -0.2) is 13.1 Å². The minimum atomic E-state index is -3.57. The Morgan fingerprint density at radius 2 is 2.13 bits per heavy atom. The Labute approximate surface area is 138 Å². The molecule has 0 spiro atoms. The van der Waals surface area contributed by atoms with Crippen LogP contribution in [0.2, 0.25) is 0 Å². The molecule has 5 nitrogen and oxygen atoms in total. The first-order valence-electron chi connectivity index (χ1n) is 8.25. The molecule has 0 amide bonds. The number of nitrogens with one attached hydrogen (secondary N) is 1. The SMILES string of the molecule is CC1CC(CNS(=O)(=O)C2=NCc3ncccc32)CC(C)(C)C1. The zero-order valence-corrected chi connectivity index (χ0v) is 14.9. The van der Waals surface area contributed by atoms with E-state index in [4.69, 9.17) is 0 Å². The van der Waals surface area contributed by atoms with Crippen LogP contribution in [0, 0.1) is 17.3 Å². The number of fused-ring (bicyclic) bond motifs is 1. The van der Waals surface area contributed by atoms with E-state index < -0.39 is 10.0 Å². The lowest BCUT2D eigenvalue weighted by Gasteiger charge is -2.39. The van der Waals surface area contributed by atoms with Crippen molar-refractivity contribution in [2.45, 2.75) is 46.6 Å². The number of pyridine rings is 1. The van der Waals surface area contributed by atoms with Gasteiger partial charge in [0.15, 0.2) is 5.04 Å². The molecule has 1 N–H and O–H groups in total. The third-order valence-corrected chi connectivity index (χ3v) is 6.19. The number of rotatable bonds is 3. The van der Waals surface area contributed by atoms with Crippen LogP contribution in [-0.2, 0) is 16.6 Å². The average molecular weight is 335 g/mol. The van der Waals surface area contributed by atoms with Crippen LogP contribution in [0.5, 0.6) is 0 Å². The summed E-state index contributed by atoms with van der Waals surface area (Å²) in [5.74, 6) is 1.03. The third-order valence-electron chi connectivity index (χ3n) is 4.79. The fourth-order valence-corrected chi connectivity index (χ4v) is 5.52. The van der Waals surface area contributed by atoms with E-state index in [2.05, 4.69) is 35.5 Å². The highest BCUT2D eigenvalue weighted by Crippen LogP contribution is 2.41. The smallest absolute Gasteiger partial charge is 0.258 e. The van der Waals surface area contributed by atoms with Crippen LogP contribution in [0.1, 0.15) is 51.3 Å². The van der Waals surface area contributed by atoms with Crippen LogP contribution in [-0.4, -0.2) is 25.0 Å². The van der Waals surface area contributed by atoms with E-state index in [0.29, 0.717) is 30.5 Å². The van der Waals surface area contributed by atoms with Gasteiger partial charge in [-0.05, 0) is 48.6 Å². The minimum absolute atomic E-state index is 0.142. The summed E-state index contributed by atoms with van der Waals surface area (Å²) in [4.78, 5) is 8.38. The molecule has 2 heterocycles. The molecule has 0 saturated heterocycles. The van der Waals surface area contributed by atoms with E-state index in [9.17, 15) is 8.42 Å². The molecule has 1 aromatic rings. The van der Waals surface area contributed by atoms with Crippen molar-refractivity contribution in [2.24, 2.45) is 22.2 Å². The van der Waals surface area contributed by atoms with Gasteiger partial charge in [-0.3, -0.25) is 9.98 Å². The summed E-state index contributed by atoms with van der Waals surface area (Å²) in [6.45, 7) is 7.64. The Bertz CT molecular complexity index is 725. The number of aliphatic imine (C=N–C) groups is 1. The molecule has 126 valence electrons. The summed E-state index contributed by atoms with van der Waals surface area (Å²) >= 11 is 0. The van der Waals surface area contributed by atoms with Crippen LogP contribution in [0.3, 0.4) is 0 Å². The molecule has 2 unspecified atom stereocenters. The Morgan fingerprint density at radius 3 is 2.87 bits per heavy atom. The van der Waals surface area contributed by atoms with Crippen molar-refractivity contribution >= 4 is 15.1 Å². The summed E-state index contributed by atoms with van der Waals surface area (Å²) in [5.41, 5.74) is 1.66. The van der Waals surface area contributed by atoms with Crippen molar-refractivity contribution in [2.75, 3.05) is 6.54 Å². The minimum Gasteiger partial charge on any atom is -0.265 e. The molecule has 2 aliphatic rings. The van der Waals surface area contributed by atoms with Crippen LogP contribution >= 0.6 is 0 Å². The molecule has 6 heteroatoms. The van der Waals surface area contributed by atoms with Crippen molar-refractivity contribution in [3.63, 3.8) is 0 Å². The monoisotopic (exact) mass is 335 g/mol. The lowest BCUT2D eigenvalue weighted by molar-refractivity contribution is 0.135. The lowest BCUT2D eigenvalue weighted by Crippen LogP contribution is -2.38. The first kappa shape index (κ1) is 16.6. The average Bonchev–Trinajstić information content (AvgIpc) is 2.88. The molecule has 2 atom stereocenters. The highest BCUT2D eigenvalue weighted by atomic mass is 32.2. The fourth-order valence-electron chi connectivity index (χ4n) is 4.22. The number of sulfonamides is 1. The van der Waals surface area contributed by atoms with Gasteiger partial charge in [0.25, 0.3) is 10.0 Å². The van der Waals surface area contributed by atoms with Gasteiger partial charge < -0.3 is 0 Å². The van der Waals surface area contributed by atoms with Gasteiger partial charge in [0.05, 0.1) is 12.2 Å². The van der Waals surface area contributed by atoms with E-state index in [-0.39, 0.29) is 10.5 Å². The number of hydrogen-bond acceptors (Lipinski definition) is 4. The van der Waals surface area contributed by atoms with Crippen LogP contribution in [0.4, 0.5) is 0 Å². The predicted molar refractivity (Wildman–Crippen MR) is 91.7 cm³/mol. The molecular weight excluding hydrogens is 310 g/mol. The molecule has 1 aromatic heterocycles. The number of hydrogen-bond donors (Lipinski definition) is 1. The number of nitrogens with zero attached hydrogens (tertiary/aromatic N) is 2. The fraction of sp³-hybridized carbons (Fsp3) is 0.647. The first-order chi connectivity index (χ1) is 10.8. The van der Waals surface area contributed by atoms with E-state index in [1.807, 2.05) is 0 Å². The zero-order valence-electron chi connectivity index (χ0n) is 14.0. The molecule has 0 aromatic carbocycles. The zero-order chi connectivity index (χ0) is 16.7. The van der Waals surface area contributed by atoms with E-state index in [1.54, 1.807) is 18.3 Å². The van der Waals surface area contributed by atoms with Gasteiger partial charge >= 0.3 is 0 Å². The molecule has 1 aliphatic heterocycles. The normalized spacial score (nSPS) is 26.7. The summed E-state index contributed by atoms with van der Waals surface area (Å²) in [7, 11) is -3.57. The Hall–Kier alpha value is -1.27. The Morgan fingerprint density at radius 1 is 1.35 bits per heavy atom. The summed E-state index contributed by atoms with van der Waals surface area (Å²) in [6, 6.07) is 3.53. The van der Waals surface area contributed by atoms with Gasteiger partial charge in [-0.1, -0.05) is 20.8 Å². The Kier molecular flexibility index (Phi) is 4.31. The maximum Gasteiger partial charge on any atom is 0.258 e. The molecule has 1 fully saturated rings. The second kappa shape index (κ2) is 5.98. The maximum absolute atomic E-state index is 12.6. The quantitative estimate of drug-likeness (QED) is 0.923. The lowest BCUT2D eigenvalue weighted by atomic mass is 9.68. The second-order valence-corrected chi connectivity index (χ2v) is 9.43. The van der Waals surface area contributed by atoms with Gasteiger partial charge in [0.2, 0.25) is 0 Å². The van der Waals surface area contributed by atoms with Crippen molar-refractivity contribution in [3.8, 4) is 0 Å². The summed E-state index contributed by atoms with van der Waals surface area (Å²) in [6.07, 6.45) is 5.02. The van der Waals surface area contributed by atoms with Crippen molar-refractivity contribution < 1.29 is 8.42 Å². The van der Waals surface area contributed by atoms with E-state index in [1.165, 1.54) is 6.42 Å². The molecule has 1 aliphatic carbocycles. The van der Waals surface area contributed by atoms with Gasteiger partial charge in [0.1, 0.15) is 0 Å². The largest absolute Gasteiger partial charge is 0.265 e. The highest BCUT2D eigenvalue weighted by Gasteiger charge is 2.34. The van der Waals surface area contributed by atoms with Gasteiger partial charge in [-0.15, -0.1) is 0 Å². The van der Waals surface area contributed by atoms with Gasteiger partial charge in [0, 0.05) is 18.3 Å². The molecule has 0 radical (unpaired) electrons. The third kappa shape index (κ3) is 3.63. The topological polar surface area (TPSA) is 71.4 Å². The van der Waals surface area contributed by atoms with Crippen LogP contribution < -0.4 is 4.72 Å². The Balaban J connectivity index is 1.69. The molecule has 3 rings (SSSR count). The number of aromatic nitrogens is 1. The maximum atomic E-state index is 12.6. The molecular formula is C17H25N3O2S. The van der Waals surface area contributed by atoms with Crippen LogP contribution in [0.25, 0.3) is 0 Å². The molecule has 1 saturated carbocycles. The van der Waals surface area contributed by atoms with Gasteiger partial charge in [-0.2, -0.15) is 0 Å². The van der Waals surface area contributed by atoms with Crippen molar-refractivity contribution in [1.29, 1.82) is 0 Å². The predicted octanol–water partition coefficient (Wildman–Crippen LogP) is 2.72. The highest BCUT2D eigenvalue weighted by molar-refractivity contribution is 8.05. The summed E-state index contributed by atoms with van der Waals surface area (Å²) < 4.78 is 28.0. The molecule has 23 heavy (non-hydrogen) atoms. The second-order valence-electron chi connectivity index (χ2n) is 7.75. The van der Waals surface area contributed by atoms with E-state index >= 15 is 0 Å². The standard InChI is InChI=1S/C17H25N3O2S/c1-12-7-13(9-17(2,3)8-12)10-20-23(21,22)16-14-5-4-6-18-15(14)11-19-16/h4-6,12-13,20H,7-11H2,1-3H3. The summed E-state index contributed by atoms with van der Waals surface area (Å²) in [5, 5.41) is 0.142. The molecule has 0 bridgehead atoms. The van der Waals surface area contributed by atoms with E-state index in [0.717, 1.165) is 18.5 Å².